The summed E-state index contributed by atoms with van der Waals surface area (Å²) in [7, 11) is -7.56. The molecule has 0 bridgehead atoms. The largest absolute Gasteiger partial charge is 0.358 e. The zero-order valence-electron chi connectivity index (χ0n) is 14.2. The minimum absolute atomic E-state index is 0.000795. The van der Waals surface area contributed by atoms with E-state index < -0.39 is 20.1 Å². The van der Waals surface area contributed by atoms with Crippen molar-refractivity contribution in [3.8, 4) is 0 Å². The van der Waals surface area contributed by atoms with Gasteiger partial charge in [-0.15, -0.1) is 0 Å². The number of sulfonamides is 1. The molecular formula is C17H17BrN2O5S2. The first-order valence-corrected chi connectivity index (χ1v) is 11.7. The lowest BCUT2D eigenvalue weighted by molar-refractivity contribution is 0.329. The summed E-state index contributed by atoms with van der Waals surface area (Å²) in [6.07, 6.45) is 0.615. The van der Waals surface area contributed by atoms with E-state index in [4.69, 9.17) is 4.28 Å². The molecule has 2 aromatic carbocycles. The average Bonchev–Trinajstić information content (AvgIpc) is 2.68. The molecule has 1 saturated heterocycles. The van der Waals surface area contributed by atoms with Gasteiger partial charge in [-0.25, -0.2) is 8.42 Å². The zero-order valence-corrected chi connectivity index (χ0v) is 17.4. The molecule has 27 heavy (non-hydrogen) atoms. The number of benzene rings is 2. The van der Waals surface area contributed by atoms with E-state index in [0.29, 0.717) is 18.6 Å². The predicted octanol–water partition coefficient (Wildman–Crippen LogP) is 3.00. The second-order valence-corrected chi connectivity index (χ2v) is 10.2. The molecule has 1 fully saturated rings. The number of oxime groups is 1. The standard InChI is InChI=1S/C17H17BrN2O5S2/c18-14-6-8-17(9-7-14)27(23,24)25-19-15-10-12-20(13-11-15)26(21,22)16-4-2-1-3-5-16/h1-9H,10-13H2. The maximum atomic E-state index is 12.6. The number of hydrogen-bond donors (Lipinski definition) is 0. The van der Waals surface area contributed by atoms with Crippen molar-refractivity contribution < 1.29 is 21.1 Å². The molecule has 0 N–H and O–H groups in total. The fraction of sp³-hybridized carbons (Fsp3) is 0.235. The van der Waals surface area contributed by atoms with Crippen molar-refractivity contribution in [2.75, 3.05) is 13.1 Å². The van der Waals surface area contributed by atoms with Gasteiger partial charge in [0.2, 0.25) is 10.0 Å². The second-order valence-electron chi connectivity index (χ2n) is 5.86. The van der Waals surface area contributed by atoms with Crippen molar-refractivity contribution in [3.05, 3.63) is 59.1 Å². The van der Waals surface area contributed by atoms with Crippen LogP contribution < -0.4 is 0 Å². The first-order valence-electron chi connectivity index (χ1n) is 8.09. The van der Waals surface area contributed by atoms with Crippen LogP contribution in [0.15, 0.2) is 74.0 Å². The molecule has 10 heteroatoms. The van der Waals surface area contributed by atoms with Gasteiger partial charge in [-0.05, 0) is 36.4 Å². The maximum absolute atomic E-state index is 12.6. The molecule has 0 unspecified atom stereocenters. The van der Waals surface area contributed by atoms with Crippen LogP contribution in [0.25, 0.3) is 0 Å². The summed E-state index contributed by atoms with van der Waals surface area (Å²) in [5.41, 5.74) is 0.509. The third kappa shape index (κ3) is 4.75. The SMILES string of the molecule is O=S(=O)(ON=C1CCN(S(=O)(=O)c2ccccc2)CC1)c1ccc(Br)cc1. The van der Waals surface area contributed by atoms with Crippen LogP contribution in [-0.2, 0) is 24.4 Å². The Kier molecular flexibility index (Phi) is 5.99. The van der Waals surface area contributed by atoms with E-state index in [0.717, 1.165) is 4.47 Å². The van der Waals surface area contributed by atoms with E-state index in [9.17, 15) is 16.8 Å². The Morgan fingerprint density at radius 3 is 2.04 bits per heavy atom. The number of piperidine rings is 1. The zero-order chi connectivity index (χ0) is 19.5. The van der Waals surface area contributed by atoms with Crippen LogP contribution in [0.5, 0.6) is 0 Å². The molecule has 0 saturated carbocycles. The van der Waals surface area contributed by atoms with Gasteiger partial charge >= 0.3 is 10.1 Å². The van der Waals surface area contributed by atoms with Crippen LogP contribution in [-0.4, -0.2) is 39.9 Å². The number of hydrogen-bond acceptors (Lipinski definition) is 6. The van der Waals surface area contributed by atoms with Gasteiger partial charge in [0.25, 0.3) is 0 Å². The molecule has 144 valence electrons. The Morgan fingerprint density at radius 2 is 1.44 bits per heavy atom. The molecule has 1 aliphatic heterocycles. The number of halogens is 1. The van der Waals surface area contributed by atoms with E-state index in [1.165, 1.54) is 16.4 Å². The topological polar surface area (TPSA) is 93.1 Å². The lowest BCUT2D eigenvalue weighted by Gasteiger charge is -2.26. The molecule has 0 spiro atoms. The number of rotatable bonds is 5. The lowest BCUT2D eigenvalue weighted by Crippen LogP contribution is -2.38. The smallest absolute Gasteiger partial charge is 0.265 e. The Morgan fingerprint density at radius 1 is 0.852 bits per heavy atom. The van der Waals surface area contributed by atoms with Gasteiger partial charge in [-0.3, -0.25) is 4.28 Å². The first-order chi connectivity index (χ1) is 12.8. The van der Waals surface area contributed by atoms with Crippen molar-refractivity contribution in [3.63, 3.8) is 0 Å². The Hall–Kier alpha value is -1.75. The van der Waals surface area contributed by atoms with E-state index >= 15 is 0 Å². The predicted molar refractivity (Wildman–Crippen MR) is 104 cm³/mol. The molecule has 0 atom stereocenters. The van der Waals surface area contributed by atoms with Crippen LogP contribution in [0.2, 0.25) is 0 Å². The summed E-state index contributed by atoms with van der Waals surface area (Å²) < 4.78 is 56.3. The van der Waals surface area contributed by atoms with Gasteiger partial charge in [-0.1, -0.05) is 39.3 Å². The fourth-order valence-electron chi connectivity index (χ4n) is 2.56. The lowest BCUT2D eigenvalue weighted by atomic mass is 10.1. The summed E-state index contributed by atoms with van der Waals surface area (Å²) in [6.45, 7) is 0.440. The molecule has 1 heterocycles. The van der Waals surface area contributed by atoms with Gasteiger partial charge in [0.15, 0.2) is 0 Å². The Bertz CT molecular complexity index is 1030. The molecule has 2 aromatic rings. The third-order valence-corrected chi connectivity index (χ3v) is 7.61. The molecule has 0 aromatic heterocycles. The van der Waals surface area contributed by atoms with Gasteiger partial charge in [-0.2, -0.15) is 12.7 Å². The summed E-state index contributed by atoms with van der Waals surface area (Å²) in [6, 6.07) is 14.2. The van der Waals surface area contributed by atoms with Gasteiger partial charge in [0.05, 0.1) is 10.6 Å². The molecule has 0 radical (unpaired) electrons. The molecule has 0 aliphatic carbocycles. The average molecular weight is 473 g/mol. The van der Waals surface area contributed by atoms with Crippen LogP contribution in [0, 0.1) is 0 Å². The van der Waals surface area contributed by atoms with Crippen molar-refractivity contribution in [2.45, 2.75) is 22.6 Å². The van der Waals surface area contributed by atoms with Crippen molar-refractivity contribution in [1.29, 1.82) is 0 Å². The van der Waals surface area contributed by atoms with Gasteiger partial charge in [0.1, 0.15) is 4.90 Å². The van der Waals surface area contributed by atoms with Crippen LogP contribution in [0.1, 0.15) is 12.8 Å². The van der Waals surface area contributed by atoms with E-state index in [1.807, 2.05) is 0 Å². The van der Waals surface area contributed by atoms with Crippen molar-refractivity contribution >= 4 is 41.8 Å². The van der Waals surface area contributed by atoms with Crippen molar-refractivity contribution in [2.24, 2.45) is 5.16 Å². The summed E-state index contributed by atoms with van der Waals surface area (Å²) in [5, 5.41) is 3.74. The molecule has 3 rings (SSSR count). The fourth-order valence-corrected chi connectivity index (χ4v) is 5.05. The molecular weight excluding hydrogens is 456 g/mol. The monoisotopic (exact) mass is 472 g/mol. The summed E-state index contributed by atoms with van der Waals surface area (Å²) in [5.74, 6) is 0. The van der Waals surface area contributed by atoms with E-state index in [2.05, 4.69) is 21.1 Å². The highest BCUT2D eigenvalue weighted by molar-refractivity contribution is 9.10. The normalized spacial score (nSPS) is 16.1. The first kappa shape index (κ1) is 20.0. The van der Waals surface area contributed by atoms with Crippen LogP contribution in [0.4, 0.5) is 0 Å². The Labute approximate surface area is 166 Å². The summed E-state index contributed by atoms with van der Waals surface area (Å²) >= 11 is 3.24. The quantitative estimate of drug-likeness (QED) is 0.623. The third-order valence-electron chi connectivity index (χ3n) is 4.05. The van der Waals surface area contributed by atoms with Crippen LogP contribution in [0.3, 0.4) is 0 Å². The number of nitrogens with zero attached hydrogens (tertiary/aromatic N) is 2. The highest BCUT2D eigenvalue weighted by Gasteiger charge is 2.28. The summed E-state index contributed by atoms with van der Waals surface area (Å²) in [4.78, 5) is 0.235. The van der Waals surface area contributed by atoms with E-state index in [-0.39, 0.29) is 22.9 Å². The highest BCUT2D eigenvalue weighted by Crippen LogP contribution is 2.21. The molecule has 7 nitrogen and oxygen atoms in total. The van der Waals surface area contributed by atoms with Gasteiger partial charge < -0.3 is 0 Å². The minimum Gasteiger partial charge on any atom is -0.265 e. The highest BCUT2D eigenvalue weighted by atomic mass is 79.9. The minimum atomic E-state index is -4.00. The Balaban J connectivity index is 1.64. The molecule has 1 aliphatic rings. The second kappa shape index (κ2) is 8.09. The molecule has 0 amide bonds. The van der Waals surface area contributed by atoms with Gasteiger partial charge in [0, 0.05) is 30.4 Å². The van der Waals surface area contributed by atoms with E-state index in [1.54, 1.807) is 42.5 Å². The maximum Gasteiger partial charge on any atom is 0.358 e. The van der Waals surface area contributed by atoms with Crippen molar-refractivity contribution in [1.82, 2.24) is 4.31 Å². The van der Waals surface area contributed by atoms with Crippen LogP contribution >= 0.6 is 15.9 Å².